The lowest BCUT2D eigenvalue weighted by Gasteiger charge is -2.50. The summed E-state index contributed by atoms with van der Waals surface area (Å²) >= 11 is 0. The molecule has 2 nitrogen and oxygen atoms in total. The summed E-state index contributed by atoms with van der Waals surface area (Å²) in [4.78, 5) is 0. The Labute approximate surface area is 327 Å². The van der Waals surface area contributed by atoms with E-state index in [-0.39, 0.29) is 20.2 Å². The molecule has 0 spiro atoms. The standard InChI is InChI=1S/C48H86N2Si2/c1-23-25-27-51(45(11,12)13,46(14,15)16)49-43-39(33(3)4)29-37(30-40(43)34(5)6)38-31-41(35(7)8)44(42(32-38)36(9)10)50-52(28-26-24-2,47(17,18)19)48(20,21)22/h29-36H,23-28H2,1-22H3. The van der Waals surface area contributed by atoms with Gasteiger partial charge in [-0.25, -0.2) is 0 Å². The van der Waals surface area contributed by atoms with Crippen LogP contribution in [0.4, 0.5) is 0 Å². The van der Waals surface area contributed by atoms with Crippen molar-refractivity contribution in [2.24, 2.45) is 33.0 Å². The summed E-state index contributed by atoms with van der Waals surface area (Å²) in [5.41, 5.74) is 11.0. The van der Waals surface area contributed by atoms with Crippen molar-refractivity contribution in [2.45, 2.75) is 210 Å². The van der Waals surface area contributed by atoms with Crippen LogP contribution < -0.4 is 0 Å². The second-order valence-electron chi connectivity index (χ2n) is 21.8. The number of nitrogens with zero attached hydrogens (tertiary/aromatic N) is 2. The van der Waals surface area contributed by atoms with Gasteiger partial charge in [-0.3, -0.25) is 0 Å². The summed E-state index contributed by atoms with van der Waals surface area (Å²) in [5.74, 6) is 1.50. The van der Waals surface area contributed by atoms with Gasteiger partial charge >= 0.3 is 0 Å². The second kappa shape index (κ2) is 17.1. The molecule has 0 heterocycles. The first-order valence-electron chi connectivity index (χ1n) is 21.3. The van der Waals surface area contributed by atoms with Crippen LogP contribution in [-0.4, -0.2) is 27.9 Å². The fourth-order valence-corrected chi connectivity index (χ4v) is 21.6. The van der Waals surface area contributed by atoms with Gasteiger partial charge in [-0.15, -0.1) is 0 Å². The Bertz CT molecular complexity index is 1270. The number of unbranched alkanes of at least 4 members (excludes halogenated alkanes) is 2. The van der Waals surface area contributed by atoms with Crippen LogP contribution in [0.1, 0.15) is 178 Å². The zero-order chi connectivity index (χ0) is 40.4. The Kier molecular flexibility index (Phi) is 15.3. The van der Waals surface area contributed by atoms with E-state index >= 15 is 0 Å². The lowest BCUT2D eigenvalue weighted by atomic mass is 9.78. The first-order chi connectivity index (χ1) is 23.5. The third kappa shape index (κ3) is 9.64. The molecular formula is C48H86N2Si2. The molecule has 0 aromatic heterocycles. The minimum Gasteiger partial charge on any atom is -0.319 e. The normalized spacial score (nSPS) is 17.3. The van der Waals surface area contributed by atoms with Gasteiger partial charge in [-0.05, 0) is 114 Å². The van der Waals surface area contributed by atoms with Crippen molar-refractivity contribution in [3.63, 3.8) is 0 Å². The molecule has 0 bridgehead atoms. The summed E-state index contributed by atoms with van der Waals surface area (Å²) < 4.78 is 12.4. The quantitative estimate of drug-likeness (QED) is 0.178. The number of allylic oxidation sites excluding steroid dienone is 10. The van der Waals surface area contributed by atoms with Crippen LogP contribution in [0.5, 0.6) is 0 Å². The predicted octanol–water partition coefficient (Wildman–Crippen LogP) is 16.2. The molecule has 0 N–H and O–H groups in total. The molecule has 0 saturated heterocycles. The van der Waals surface area contributed by atoms with Gasteiger partial charge in [-0.2, -0.15) is 0 Å². The van der Waals surface area contributed by atoms with Crippen LogP contribution in [-0.2, 0) is 0 Å². The van der Waals surface area contributed by atoms with Crippen LogP contribution in [0.25, 0.3) is 0 Å². The lowest BCUT2D eigenvalue weighted by Crippen LogP contribution is -2.51. The molecule has 296 valence electrons. The highest BCUT2D eigenvalue weighted by Gasteiger charge is 2.55. The maximum Gasteiger partial charge on any atom is 0.192 e. The third-order valence-corrected chi connectivity index (χ3v) is 25.8. The summed E-state index contributed by atoms with van der Waals surface area (Å²) in [6.45, 7) is 53.5. The molecule has 2 aliphatic rings. The van der Waals surface area contributed by atoms with Gasteiger partial charge in [0, 0.05) is 0 Å². The van der Waals surface area contributed by atoms with Crippen LogP contribution in [0, 0.1) is 23.7 Å². The topological polar surface area (TPSA) is 24.7 Å². The average Bonchev–Trinajstić information content (AvgIpc) is 2.97. The smallest absolute Gasteiger partial charge is 0.192 e. The molecule has 0 aromatic rings. The molecule has 0 radical (unpaired) electrons. The molecule has 4 heteroatoms. The van der Waals surface area contributed by atoms with E-state index < -0.39 is 16.5 Å². The Morgan fingerprint density at radius 3 is 0.788 bits per heavy atom. The number of hydrogen-bond donors (Lipinski definition) is 0. The third-order valence-electron chi connectivity index (χ3n) is 12.5. The molecule has 2 rings (SSSR count). The van der Waals surface area contributed by atoms with Gasteiger partial charge in [0.2, 0.25) is 0 Å². The first kappa shape index (κ1) is 46.6. The molecular weight excluding hydrogens is 661 g/mol. The van der Waals surface area contributed by atoms with Crippen molar-refractivity contribution >= 4 is 27.9 Å². The van der Waals surface area contributed by atoms with Gasteiger partial charge in [0.1, 0.15) is 0 Å². The van der Waals surface area contributed by atoms with E-state index in [9.17, 15) is 0 Å². The summed E-state index contributed by atoms with van der Waals surface area (Å²) in [6.07, 6.45) is 15.1. The Balaban J connectivity index is 3.17. The Morgan fingerprint density at radius 2 is 0.635 bits per heavy atom. The molecule has 0 aliphatic heterocycles. The second-order valence-corrected chi connectivity index (χ2v) is 32.7. The largest absolute Gasteiger partial charge is 0.319 e. The van der Waals surface area contributed by atoms with Gasteiger partial charge in [0.25, 0.3) is 0 Å². The van der Waals surface area contributed by atoms with Crippen molar-refractivity contribution in [3.05, 3.63) is 57.7 Å². The molecule has 0 atom stereocenters. The number of hydrogen-bond acceptors (Lipinski definition) is 2. The van der Waals surface area contributed by atoms with Crippen molar-refractivity contribution in [1.82, 2.24) is 0 Å². The molecule has 0 amide bonds. The van der Waals surface area contributed by atoms with Crippen molar-refractivity contribution in [3.8, 4) is 0 Å². The Hall–Kier alpha value is -1.53. The van der Waals surface area contributed by atoms with E-state index in [2.05, 4.69) is 177 Å². The van der Waals surface area contributed by atoms with Crippen molar-refractivity contribution < 1.29 is 0 Å². The molecule has 2 aliphatic carbocycles. The van der Waals surface area contributed by atoms with E-state index in [1.807, 2.05) is 0 Å². The van der Waals surface area contributed by atoms with Crippen LogP contribution in [0.2, 0.25) is 32.2 Å². The minimum absolute atomic E-state index is 0.148. The zero-order valence-electron chi connectivity index (χ0n) is 38.8. The van der Waals surface area contributed by atoms with E-state index in [0.717, 1.165) is 0 Å². The maximum atomic E-state index is 6.19. The fourth-order valence-electron chi connectivity index (χ4n) is 9.49. The number of rotatable bonds is 12. The van der Waals surface area contributed by atoms with Gasteiger partial charge < -0.3 is 9.32 Å². The highest BCUT2D eigenvalue weighted by molar-refractivity contribution is 6.85. The molecule has 0 saturated carbocycles. The SMILES string of the molecule is CCCC[Si](N=C1C(C(C)C)=CC(=C2C=C(C(C)C)C(=N[Si](CCCC)(C(C)(C)C)C(C)(C)C)C(C(C)C)=C2)C=C1C(C)C)(C(C)(C)C)C(C)(C)C. The molecule has 0 unspecified atom stereocenters. The summed E-state index contributed by atoms with van der Waals surface area (Å²) in [5, 5.41) is 0.591. The Morgan fingerprint density at radius 1 is 0.423 bits per heavy atom. The monoisotopic (exact) mass is 747 g/mol. The maximum absolute atomic E-state index is 6.19. The van der Waals surface area contributed by atoms with Gasteiger partial charge in [0.15, 0.2) is 16.5 Å². The van der Waals surface area contributed by atoms with E-state index in [1.165, 1.54) is 82.6 Å². The summed E-state index contributed by atoms with van der Waals surface area (Å²) in [7, 11) is -4.43. The van der Waals surface area contributed by atoms with Crippen molar-refractivity contribution in [2.75, 3.05) is 0 Å². The molecule has 0 aromatic carbocycles. The fraction of sp³-hybridized carbons (Fsp3) is 0.750. The van der Waals surface area contributed by atoms with E-state index in [4.69, 9.17) is 9.32 Å². The zero-order valence-corrected chi connectivity index (χ0v) is 40.8. The van der Waals surface area contributed by atoms with Crippen molar-refractivity contribution in [1.29, 1.82) is 0 Å². The highest BCUT2D eigenvalue weighted by atomic mass is 28.3. The summed E-state index contributed by atoms with van der Waals surface area (Å²) in [6, 6.07) is 2.47. The van der Waals surface area contributed by atoms with Crippen LogP contribution in [0.15, 0.2) is 67.1 Å². The van der Waals surface area contributed by atoms with E-state index in [0.29, 0.717) is 23.7 Å². The highest BCUT2D eigenvalue weighted by Crippen LogP contribution is 2.57. The van der Waals surface area contributed by atoms with E-state index in [1.54, 1.807) is 0 Å². The first-order valence-corrected chi connectivity index (χ1v) is 25.7. The van der Waals surface area contributed by atoms with Gasteiger partial charge in [0.05, 0.1) is 11.4 Å². The van der Waals surface area contributed by atoms with Gasteiger partial charge in [-0.1, -0.05) is 178 Å². The minimum atomic E-state index is -2.21. The predicted molar refractivity (Wildman–Crippen MR) is 243 cm³/mol. The average molecular weight is 747 g/mol. The lowest BCUT2D eigenvalue weighted by molar-refractivity contribution is 0.593. The molecule has 52 heavy (non-hydrogen) atoms. The van der Waals surface area contributed by atoms with Crippen LogP contribution in [0.3, 0.4) is 0 Å². The molecule has 0 fully saturated rings. The van der Waals surface area contributed by atoms with Crippen LogP contribution >= 0.6 is 0 Å².